The maximum absolute atomic E-state index is 10.4. The number of aliphatic carboxylic acids is 1. The van der Waals surface area contributed by atoms with E-state index in [1.165, 1.54) is 6.08 Å². The first kappa shape index (κ1) is 24.8. The summed E-state index contributed by atoms with van der Waals surface area (Å²) in [5.41, 5.74) is 0. The van der Waals surface area contributed by atoms with Gasteiger partial charge < -0.3 is 20.4 Å². The first-order valence-corrected chi connectivity index (χ1v) is 9.21. The molecule has 0 aromatic carbocycles. The molecule has 0 saturated heterocycles. The van der Waals surface area contributed by atoms with Crippen LogP contribution in [0.15, 0.2) is 72.9 Å². The molecule has 0 bridgehead atoms. The lowest BCUT2D eigenvalue weighted by Gasteiger charge is -2.11. The van der Waals surface area contributed by atoms with Gasteiger partial charge in [-0.05, 0) is 25.7 Å². The van der Waals surface area contributed by atoms with Crippen molar-refractivity contribution in [2.45, 2.75) is 57.3 Å². The molecule has 0 amide bonds. The molecule has 0 aromatic heterocycles. The van der Waals surface area contributed by atoms with Gasteiger partial charge in [0, 0.05) is 6.42 Å². The van der Waals surface area contributed by atoms with Gasteiger partial charge in [0.1, 0.15) is 0 Å². The van der Waals surface area contributed by atoms with Gasteiger partial charge in [0.2, 0.25) is 0 Å². The second-order valence-electron chi connectivity index (χ2n) is 5.92. The van der Waals surface area contributed by atoms with Crippen molar-refractivity contribution < 1.29 is 25.2 Å². The molecule has 4 N–H and O–H groups in total. The monoisotopic (exact) mass is 376 g/mol. The quantitative estimate of drug-likeness (QED) is 0.275. The lowest BCUT2D eigenvalue weighted by molar-refractivity contribution is -0.136. The fraction of sp³-hybridized carbons (Fsp3) is 0.409. The molecular weight excluding hydrogens is 344 g/mol. The van der Waals surface area contributed by atoms with E-state index in [0.717, 1.165) is 6.42 Å². The summed E-state index contributed by atoms with van der Waals surface area (Å²) >= 11 is 0. The zero-order chi connectivity index (χ0) is 20.3. The fourth-order valence-electron chi connectivity index (χ4n) is 1.94. The SMILES string of the molecule is CC/C=C\CC(O)/C=C/C=C\C=C\C=C\C(O)[C@@H](O)C/C=C\CCC(=O)O. The second-order valence-corrected chi connectivity index (χ2v) is 5.92. The van der Waals surface area contributed by atoms with Crippen molar-refractivity contribution in [1.82, 2.24) is 0 Å². The number of carbonyl (C=O) groups is 1. The van der Waals surface area contributed by atoms with Crippen LogP contribution in [0.3, 0.4) is 0 Å². The summed E-state index contributed by atoms with van der Waals surface area (Å²) in [7, 11) is 0. The van der Waals surface area contributed by atoms with Crippen LogP contribution >= 0.6 is 0 Å². The van der Waals surface area contributed by atoms with Crippen molar-refractivity contribution in [3.05, 3.63) is 72.9 Å². The Bertz CT molecular complexity index is 555. The summed E-state index contributed by atoms with van der Waals surface area (Å²) < 4.78 is 0. The molecule has 0 saturated carbocycles. The average molecular weight is 376 g/mol. The van der Waals surface area contributed by atoms with Crippen LogP contribution in [0, 0.1) is 0 Å². The number of rotatable bonds is 14. The summed E-state index contributed by atoms with van der Waals surface area (Å²) in [5, 5.41) is 37.7. The summed E-state index contributed by atoms with van der Waals surface area (Å²) in [6.45, 7) is 2.05. The van der Waals surface area contributed by atoms with Crippen molar-refractivity contribution in [2.75, 3.05) is 0 Å². The zero-order valence-electron chi connectivity index (χ0n) is 15.9. The zero-order valence-corrected chi connectivity index (χ0v) is 15.9. The highest BCUT2D eigenvalue weighted by atomic mass is 16.4. The number of carboxylic acid groups (broad SMARTS) is 1. The van der Waals surface area contributed by atoms with E-state index >= 15 is 0 Å². The molecule has 0 radical (unpaired) electrons. The Morgan fingerprint density at radius 1 is 0.815 bits per heavy atom. The number of aliphatic hydroxyl groups is 3. The first-order chi connectivity index (χ1) is 13.0. The number of carboxylic acids is 1. The van der Waals surface area contributed by atoms with Gasteiger partial charge in [0.15, 0.2) is 0 Å². The van der Waals surface area contributed by atoms with Crippen molar-refractivity contribution in [3.8, 4) is 0 Å². The van der Waals surface area contributed by atoms with Crippen molar-refractivity contribution in [1.29, 1.82) is 0 Å². The van der Waals surface area contributed by atoms with Gasteiger partial charge in [-0.15, -0.1) is 0 Å². The number of aliphatic hydroxyl groups excluding tert-OH is 3. The third-order valence-corrected chi connectivity index (χ3v) is 3.44. The Balaban J connectivity index is 4.06. The Kier molecular flexibility index (Phi) is 15.8. The van der Waals surface area contributed by atoms with Crippen molar-refractivity contribution in [3.63, 3.8) is 0 Å². The number of hydrogen-bond donors (Lipinski definition) is 4. The topological polar surface area (TPSA) is 98.0 Å². The maximum Gasteiger partial charge on any atom is 0.303 e. The average Bonchev–Trinajstić information content (AvgIpc) is 2.63. The van der Waals surface area contributed by atoms with Crippen LogP contribution in [0.5, 0.6) is 0 Å². The lowest BCUT2D eigenvalue weighted by Crippen LogP contribution is -2.22. The molecule has 0 heterocycles. The van der Waals surface area contributed by atoms with Gasteiger partial charge in [-0.1, -0.05) is 79.8 Å². The molecule has 150 valence electrons. The lowest BCUT2D eigenvalue weighted by atomic mass is 10.1. The standard InChI is InChI=1S/C22H32O5/c1-2-3-9-14-19(23)15-10-6-4-5-7-11-16-20(24)21(25)17-12-8-13-18-22(26)27/h3-12,15-16,19-21,23-25H,2,13-14,17-18H2,1H3,(H,26,27)/b6-4-,7-5+,9-3-,12-8-,15-10+,16-11+/t19?,20?,21-/m0/s1. The van der Waals surface area contributed by atoms with E-state index in [-0.39, 0.29) is 12.8 Å². The summed E-state index contributed by atoms with van der Waals surface area (Å²) in [5.74, 6) is -0.861. The fourth-order valence-corrected chi connectivity index (χ4v) is 1.94. The van der Waals surface area contributed by atoms with Crippen LogP contribution in [-0.4, -0.2) is 44.7 Å². The van der Waals surface area contributed by atoms with Gasteiger partial charge in [0.05, 0.1) is 18.3 Å². The van der Waals surface area contributed by atoms with Gasteiger partial charge >= 0.3 is 5.97 Å². The predicted octanol–water partition coefficient (Wildman–Crippen LogP) is 3.46. The highest BCUT2D eigenvalue weighted by Gasteiger charge is 2.10. The maximum atomic E-state index is 10.4. The highest BCUT2D eigenvalue weighted by Crippen LogP contribution is 2.03. The van der Waals surface area contributed by atoms with Crippen LogP contribution < -0.4 is 0 Å². The molecule has 0 aliphatic rings. The molecular formula is C22H32O5. The van der Waals surface area contributed by atoms with E-state index in [4.69, 9.17) is 5.11 Å². The molecule has 5 heteroatoms. The minimum absolute atomic E-state index is 0.0530. The van der Waals surface area contributed by atoms with Crippen molar-refractivity contribution >= 4 is 5.97 Å². The summed E-state index contributed by atoms with van der Waals surface area (Å²) in [4.78, 5) is 10.4. The first-order valence-electron chi connectivity index (χ1n) is 9.21. The second kappa shape index (κ2) is 17.2. The minimum Gasteiger partial charge on any atom is -0.481 e. The predicted molar refractivity (Wildman–Crippen MR) is 109 cm³/mol. The van der Waals surface area contributed by atoms with Gasteiger partial charge in [-0.3, -0.25) is 4.79 Å². The molecule has 0 fully saturated rings. The Labute approximate surface area is 162 Å². The molecule has 0 aliphatic heterocycles. The van der Waals surface area contributed by atoms with E-state index in [2.05, 4.69) is 0 Å². The molecule has 5 nitrogen and oxygen atoms in total. The van der Waals surface area contributed by atoms with E-state index in [9.17, 15) is 20.1 Å². The summed E-state index contributed by atoms with van der Waals surface area (Å²) in [6.07, 6.45) is 20.9. The Hall–Kier alpha value is -2.21. The third-order valence-electron chi connectivity index (χ3n) is 3.44. The van der Waals surface area contributed by atoms with Gasteiger partial charge in [-0.25, -0.2) is 0 Å². The molecule has 2 unspecified atom stereocenters. The third kappa shape index (κ3) is 17.0. The normalized spacial score (nSPS) is 16.6. The number of allylic oxidation sites excluding steroid dienone is 8. The summed E-state index contributed by atoms with van der Waals surface area (Å²) in [6, 6.07) is 0. The largest absolute Gasteiger partial charge is 0.481 e. The van der Waals surface area contributed by atoms with E-state index in [1.54, 1.807) is 54.7 Å². The minimum atomic E-state index is -0.992. The smallest absolute Gasteiger partial charge is 0.303 e. The molecule has 0 rings (SSSR count). The molecule has 0 aromatic rings. The van der Waals surface area contributed by atoms with Crippen LogP contribution in [0.1, 0.15) is 39.0 Å². The molecule has 0 spiro atoms. The molecule has 3 atom stereocenters. The molecule has 0 aliphatic carbocycles. The van der Waals surface area contributed by atoms with Crippen LogP contribution in [0.25, 0.3) is 0 Å². The van der Waals surface area contributed by atoms with E-state index in [1.807, 2.05) is 19.1 Å². The number of hydrogen-bond acceptors (Lipinski definition) is 4. The van der Waals surface area contributed by atoms with E-state index in [0.29, 0.717) is 12.8 Å². The van der Waals surface area contributed by atoms with Crippen LogP contribution in [0.4, 0.5) is 0 Å². The van der Waals surface area contributed by atoms with Gasteiger partial charge in [-0.2, -0.15) is 0 Å². The molecule has 27 heavy (non-hydrogen) atoms. The van der Waals surface area contributed by atoms with Crippen LogP contribution in [-0.2, 0) is 4.79 Å². The van der Waals surface area contributed by atoms with E-state index < -0.39 is 24.3 Å². The van der Waals surface area contributed by atoms with Gasteiger partial charge in [0.25, 0.3) is 0 Å². The van der Waals surface area contributed by atoms with Crippen LogP contribution in [0.2, 0.25) is 0 Å². The Morgan fingerprint density at radius 2 is 1.41 bits per heavy atom. The Morgan fingerprint density at radius 3 is 2.04 bits per heavy atom. The highest BCUT2D eigenvalue weighted by molar-refractivity contribution is 5.66. The van der Waals surface area contributed by atoms with Crippen molar-refractivity contribution in [2.24, 2.45) is 0 Å².